The predicted molar refractivity (Wildman–Crippen MR) is 38.1 cm³/mol. The van der Waals surface area contributed by atoms with Crippen LogP contribution in [-0.2, 0) is 7.90 Å². The van der Waals surface area contributed by atoms with E-state index in [0.29, 0.717) is 0 Å². The van der Waals surface area contributed by atoms with Gasteiger partial charge < -0.3 is 0 Å². The van der Waals surface area contributed by atoms with Gasteiger partial charge in [-0.1, -0.05) is 0 Å². The second-order valence-corrected chi connectivity index (χ2v) is 6.88. The van der Waals surface area contributed by atoms with Gasteiger partial charge in [-0.3, -0.25) is 0 Å². The number of nitro groups is 2. The molecule has 0 heterocycles. The average Bonchev–Trinajstić information content (AvgIpc) is 1.53. The van der Waals surface area contributed by atoms with Gasteiger partial charge in [-0.2, -0.15) is 8.42 Å². The van der Waals surface area contributed by atoms with Crippen molar-refractivity contribution in [3.05, 3.63) is 20.2 Å². The van der Waals surface area contributed by atoms with Gasteiger partial charge in [0.15, 0.2) is 0 Å². The highest BCUT2D eigenvalue weighted by Gasteiger charge is 2.32. The van der Waals surface area contributed by atoms with Crippen molar-refractivity contribution in [2.24, 2.45) is 0 Å². The van der Waals surface area contributed by atoms with Gasteiger partial charge in [0.1, 0.15) is 8.66 Å². The van der Waals surface area contributed by atoms with Crippen LogP contribution in [0.15, 0.2) is 0 Å². The minimum Gasteiger partial charge on any atom is -0.250 e. The van der Waals surface area contributed by atoms with Crippen LogP contribution in [-0.4, -0.2) is 17.1 Å². The molecule has 11 heteroatoms. The van der Waals surface area contributed by atoms with E-state index >= 15 is 0 Å². The lowest BCUT2D eigenvalue weighted by molar-refractivity contribution is -0.282. The molecule has 0 fully saturated rings. The molecule has 0 aliphatic carbocycles. The quantitative estimate of drug-likeness (QED) is 0.282. The highest BCUT2D eigenvalue weighted by atomic mass is 33.5. The van der Waals surface area contributed by atoms with Gasteiger partial charge in [-0.05, 0) is 0 Å². The summed E-state index contributed by atoms with van der Waals surface area (Å²) >= 11 is 0. The zero-order valence-electron chi connectivity index (χ0n) is 4.57. The highest BCUT2D eigenvalue weighted by Crippen LogP contribution is 2.25. The fraction of sp³-hybridized carbons (Fsp3) is 0. The van der Waals surface area contributed by atoms with E-state index < -0.39 is 38.5 Å². The fourth-order valence-electron chi connectivity index (χ4n) is 0.163. The van der Waals surface area contributed by atoms with Crippen LogP contribution in [0.3, 0.4) is 0 Å². The number of rotatable bonds is 4. The summed E-state index contributed by atoms with van der Waals surface area (Å²) in [5.41, 5.74) is 0. The summed E-state index contributed by atoms with van der Waals surface area (Å²) in [7, 11) is -5.74. The van der Waals surface area contributed by atoms with Crippen LogP contribution in [0, 0.1) is 20.2 Å². The second-order valence-electron chi connectivity index (χ2n) is 1.00. The molecule has 8 nitrogen and oxygen atoms in total. The van der Waals surface area contributed by atoms with Crippen LogP contribution in [0.4, 0.5) is 0 Å². The van der Waals surface area contributed by atoms with Crippen molar-refractivity contribution in [2.45, 2.75) is 0 Å². The number of hydrogen-bond acceptors (Lipinski definition) is 8. The molecule has 0 bridgehead atoms. The van der Waals surface area contributed by atoms with Crippen LogP contribution in [0.25, 0.3) is 0 Å². The number of nitrogens with zero attached hydrogens (tertiary/aromatic N) is 2. The second kappa shape index (κ2) is 3.73. The highest BCUT2D eigenvalue weighted by molar-refractivity contribution is 9.02. The third-order valence-electron chi connectivity index (χ3n) is 0.304. The first kappa shape index (κ1) is 10.4. The molecule has 0 atom stereocenters. The Bertz CT molecular complexity index is 242. The monoisotopic (exact) mass is 220 g/mol. The first-order valence-corrected chi connectivity index (χ1v) is 5.83. The first-order valence-electron chi connectivity index (χ1n) is 1.76. The van der Waals surface area contributed by atoms with Crippen molar-refractivity contribution in [3.8, 4) is 0 Å². The molecule has 0 aromatic heterocycles. The summed E-state index contributed by atoms with van der Waals surface area (Å²) < 4.78 is 18.1. The molecular weight excluding hydrogens is 220 g/mol. The zero-order chi connectivity index (χ0) is 9.07. The smallest absolute Gasteiger partial charge is 0.250 e. The van der Waals surface area contributed by atoms with E-state index in [2.05, 4.69) is 0 Å². The minimum atomic E-state index is -4.34. The lowest BCUT2D eigenvalue weighted by Gasteiger charge is -1.84. The summed E-state index contributed by atoms with van der Waals surface area (Å²) in [6.07, 6.45) is 0. The molecule has 11 heavy (non-hydrogen) atoms. The van der Waals surface area contributed by atoms with Gasteiger partial charge in [-0.25, -0.2) is 20.2 Å². The van der Waals surface area contributed by atoms with Crippen molar-refractivity contribution in [1.29, 1.82) is 0 Å². The Morgan fingerprint density at radius 2 is 1.27 bits per heavy atom. The summed E-state index contributed by atoms with van der Waals surface area (Å²) in [5.74, 6) is 0. The van der Waals surface area contributed by atoms with Crippen molar-refractivity contribution in [2.75, 3.05) is 0 Å². The summed E-state index contributed by atoms with van der Waals surface area (Å²) in [4.78, 5) is 19.1. The molecule has 64 valence electrons. The van der Waals surface area contributed by atoms with Gasteiger partial charge in [0.25, 0.3) is 0 Å². The molecule has 0 N–H and O–H groups in total. The van der Waals surface area contributed by atoms with Gasteiger partial charge in [0, 0.05) is 0 Å². The molecule has 0 saturated carbocycles. The molecule has 0 unspecified atom stereocenters. The molecule has 0 rings (SSSR count). The molecule has 0 spiro atoms. The minimum absolute atomic E-state index is 0.699. The van der Waals surface area contributed by atoms with E-state index in [1.165, 1.54) is 0 Å². The van der Waals surface area contributed by atoms with E-state index in [4.69, 9.17) is 0 Å². The van der Waals surface area contributed by atoms with E-state index in [1.54, 1.807) is 0 Å². The SMILES string of the molecule is O=[N+]([O-])SS(=O)(=O)S[N+](=O)[O-]. The average molecular weight is 220 g/mol. The first-order chi connectivity index (χ1) is 4.83. The Balaban J connectivity index is 4.25. The van der Waals surface area contributed by atoms with Crippen LogP contribution < -0.4 is 0 Å². The van der Waals surface area contributed by atoms with Crippen LogP contribution in [0.2, 0.25) is 0 Å². The summed E-state index contributed by atoms with van der Waals surface area (Å²) in [6, 6.07) is 0. The van der Waals surface area contributed by atoms with Crippen molar-refractivity contribution >= 4 is 29.9 Å². The summed E-state index contributed by atoms with van der Waals surface area (Å²) in [5, 5.41) is 19.1. The lowest BCUT2D eigenvalue weighted by atomic mass is 13.4. The van der Waals surface area contributed by atoms with Gasteiger partial charge in [0.2, 0.25) is 0 Å². The molecule has 0 aliphatic rings. The van der Waals surface area contributed by atoms with Crippen molar-refractivity contribution in [3.63, 3.8) is 0 Å². The topological polar surface area (TPSA) is 120 Å². The molecule has 0 aromatic rings. The van der Waals surface area contributed by atoms with Crippen LogP contribution >= 0.6 is 22.0 Å². The third-order valence-corrected chi connectivity index (χ3v) is 3.83. The zero-order valence-corrected chi connectivity index (χ0v) is 7.02. The maximum absolute atomic E-state index is 10.3. The maximum atomic E-state index is 10.3. The van der Waals surface area contributed by atoms with Gasteiger partial charge in [-0.15, -0.1) is 0 Å². The van der Waals surface area contributed by atoms with E-state index in [0.717, 1.165) is 0 Å². The molecule has 0 amide bonds. The third kappa shape index (κ3) is 5.87. The van der Waals surface area contributed by atoms with Crippen molar-refractivity contribution < 1.29 is 17.1 Å². The number of hydrogen-bond donors (Lipinski definition) is 0. The largest absolute Gasteiger partial charge is 0.390 e. The van der Waals surface area contributed by atoms with E-state index in [1.807, 2.05) is 0 Å². The Kier molecular flexibility index (Phi) is 3.54. The van der Waals surface area contributed by atoms with Crippen LogP contribution in [0.1, 0.15) is 0 Å². The molecule has 0 radical (unpaired) electrons. The molecule has 0 aromatic carbocycles. The maximum Gasteiger partial charge on any atom is 0.390 e. The molecule has 0 saturated heterocycles. The summed E-state index contributed by atoms with van der Waals surface area (Å²) in [6.45, 7) is 0. The molecule has 0 aliphatic heterocycles. The Hall–Kier alpha value is -0.550. The lowest BCUT2D eigenvalue weighted by Crippen LogP contribution is -1.97. The Morgan fingerprint density at radius 3 is 1.45 bits per heavy atom. The van der Waals surface area contributed by atoms with E-state index in [9.17, 15) is 28.6 Å². The Labute approximate surface area is 67.6 Å². The standard InChI is InChI=1S/N2O6S3/c3-1(4)9-11(7,8)10-2(5)6. The van der Waals surface area contributed by atoms with Gasteiger partial charge in [0.05, 0.1) is 0 Å². The predicted octanol–water partition coefficient (Wildman–Crippen LogP) is 0.0810. The normalized spacial score (nSPS) is 10.9. The molecular formula is N2O6S3. The van der Waals surface area contributed by atoms with E-state index in [-0.39, 0.29) is 0 Å². The fourth-order valence-corrected chi connectivity index (χ4v) is 2.60. The Morgan fingerprint density at radius 1 is 1.00 bits per heavy atom. The van der Waals surface area contributed by atoms with Gasteiger partial charge >= 0.3 is 29.9 Å². The van der Waals surface area contributed by atoms with Crippen LogP contribution in [0.5, 0.6) is 0 Å². The van der Waals surface area contributed by atoms with Crippen molar-refractivity contribution in [1.82, 2.24) is 0 Å².